The van der Waals surface area contributed by atoms with E-state index in [0.717, 1.165) is 11.1 Å². The second kappa shape index (κ2) is 5.42. The third kappa shape index (κ3) is 2.58. The van der Waals surface area contributed by atoms with Gasteiger partial charge >= 0.3 is 5.97 Å². The van der Waals surface area contributed by atoms with Crippen molar-refractivity contribution in [3.63, 3.8) is 0 Å². The van der Waals surface area contributed by atoms with Crippen LogP contribution in [0.1, 0.15) is 30.9 Å². The third-order valence-electron chi connectivity index (χ3n) is 4.03. The number of rotatable bonds is 5. The summed E-state index contributed by atoms with van der Waals surface area (Å²) in [5, 5.41) is -0.906. The molecule has 0 unspecified atom stereocenters. The summed E-state index contributed by atoms with van der Waals surface area (Å²) in [7, 11) is -3.43. The molecule has 1 saturated carbocycles. The fraction of sp³-hybridized carbons (Fsp3) is 0.533. The fourth-order valence-corrected chi connectivity index (χ4v) is 4.70. The van der Waals surface area contributed by atoms with Crippen LogP contribution < -0.4 is 5.73 Å². The van der Waals surface area contributed by atoms with Crippen LogP contribution in [0.5, 0.6) is 0 Å². The molecule has 3 atom stereocenters. The Balaban J connectivity index is 2.42. The number of hydrogen-bond donors (Lipinski definition) is 1. The van der Waals surface area contributed by atoms with Crippen LogP contribution in [0.25, 0.3) is 0 Å². The summed E-state index contributed by atoms with van der Waals surface area (Å²) in [6.45, 7) is 5.36. The maximum atomic E-state index is 12.2. The number of sulfone groups is 1. The molecule has 1 aliphatic rings. The maximum Gasteiger partial charge on any atom is 0.328 e. The highest BCUT2D eigenvalue weighted by Crippen LogP contribution is 2.55. The van der Waals surface area contributed by atoms with Gasteiger partial charge in [-0.15, -0.1) is 0 Å². The Labute approximate surface area is 125 Å². The predicted octanol–water partition coefficient (Wildman–Crippen LogP) is 1.16. The van der Waals surface area contributed by atoms with Crippen molar-refractivity contribution >= 4 is 15.8 Å². The van der Waals surface area contributed by atoms with Gasteiger partial charge in [0.25, 0.3) is 0 Å². The molecule has 1 fully saturated rings. The Kier molecular flexibility index (Phi) is 4.13. The van der Waals surface area contributed by atoms with Gasteiger partial charge in [0.1, 0.15) is 5.54 Å². The number of benzene rings is 1. The first-order valence-corrected chi connectivity index (χ1v) is 8.74. The van der Waals surface area contributed by atoms with Gasteiger partial charge in [-0.05, 0) is 19.4 Å². The van der Waals surface area contributed by atoms with Crippen LogP contribution in [0, 0.1) is 6.92 Å². The molecule has 0 heterocycles. The number of carbonyl (C=O) groups is 1. The van der Waals surface area contributed by atoms with Gasteiger partial charge in [0.2, 0.25) is 0 Å². The van der Waals surface area contributed by atoms with Gasteiger partial charge < -0.3 is 10.5 Å². The lowest BCUT2D eigenvalue weighted by molar-refractivity contribution is -0.145. The number of carbonyl (C=O) groups excluding carboxylic acids is 1. The normalized spacial score (nSPS) is 28.2. The molecule has 2 rings (SSSR count). The Morgan fingerprint density at radius 1 is 1.29 bits per heavy atom. The topological polar surface area (TPSA) is 86.5 Å². The quantitative estimate of drug-likeness (QED) is 0.825. The maximum absolute atomic E-state index is 12.2. The first-order valence-electron chi connectivity index (χ1n) is 7.03. The second-order valence-corrected chi connectivity index (χ2v) is 7.82. The van der Waals surface area contributed by atoms with Crippen molar-refractivity contribution in [1.29, 1.82) is 0 Å². The highest BCUT2D eigenvalue weighted by Gasteiger charge is 2.74. The van der Waals surface area contributed by atoms with Crippen LogP contribution in [0.4, 0.5) is 0 Å². The van der Waals surface area contributed by atoms with E-state index in [4.69, 9.17) is 10.5 Å². The minimum atomic E-state index is -3.43. The zero-order valence-electron chi connectivity index (χ0n) is 12.5. The van der Waals surface area contributed by atoms with Gasteiger partial charge in [-0.25, -0.2) is 13.2 Å². The van der Waals surface area contributed by atoms with Gasteiger partial charge in [0.15, 0.2) is 9.84 Å². The van der Waals surface area contributed by atoms with Crippen LogP contribution in [0.15, 0.2) is 24.3 Å². The van der Waals surface area contributed by atoms with E-state index >= 15 is 0 Å². The molecule has 1 aromatic carbocycles. The molecule has 21 heavy (non-hydrogen) atoms. The van der Waals surface area contributed by atoms with Crippen molar-refractivity contribution in [3.05, 3.63) is 35.4 Å². The van der Waals surface area contributed by atoms with Crippen LogP contribution >= 0.6 is 0 Å². The summed E-state index contributed by atoms with van der Waals surface area (Å²) >= 11 is 0. The average molecular weight is 311 g/mol. The van der Waals surface area contributed by atoms with Crippen molar-refractivity contribution in [3.8, 4) is 0 Å². The van der Waals surface area contributed by atoms with Crippen molar-refractivity contribution in [1.82, 2.24) is 0 Å². The van der Waals surface area contributed by atoms with E-state index in [1.54, 1.807) is 13.8 Å². The molecule has 0 bridgehead atoms. The van der Waals surface area contributed by atoms with Gasteiger partial charge in [-0.3, -0.25) is 0 Å². The number of hydrogen-bond acceptors (Lipinski definition) is 5. The molecule has 1 aliphatic carbocycles. The third-order valence-corrected chi connectivity index (χ3v) is 6.27. The Morgan fingerprint density at radius 2 is 1.86 bits per heavy atom. The minimum Gasteiger partial charge on any atom is -0.465 e. The second-order valence-electron chi connectivity index (χ2n) is 5.41. The largest absolute Gasteiger partial charge is 0.465 e. The number of ether oxygens (including phenoxy) is 1. The van der Waals surface area contributed by atoms with Crippen LogP contribution in [0.3, 0.4) is 0 Å². The lowest BCUT2D eigenvalue weighted by Gasteiger charge is -2.11. The molecule has 0 amide bonds. The van der Waals surface area contributed by atoms with Crippen molar-refractivity contribution in [2.24, 2.45) is 5.73 Å². The minimum absolute atomic E-state index is 0.0433. The first-order chi connectivity index (χ1) is 9.79. The smallest absolute Gasteiger partial charge is 0.328 e. The summed E-state index contributed by atoms with van der Waals surface area (Å²) in [5.74, 6) is -1.22. The highest BCUT2D eigenvalue weighted by atomic mass is 32.2. The van der Waals surface area contributed by atoms with Crippen molar-refractivity contribution in [2.75, 3.05) is 12.4 Å². The van der Waals surface area contributed by atoms with E-state index in [2.05, 4.69) is 0 Å². The van der Waals surface area contributed by atoms with E-state index in [0.29, 0.717) is 0 Å². The van der Waals surface area contributed by atoms with Gasteiger partial charge in [0.05, 0.1) is 11.9 Å². The zero-order valence-corrected chi connectivity index (χ0v) is 13.3. The van der Waals surface area contributed by atoms with Gasteiger partial charge in [0, 0.05) is 11.7 Å². The molecule has 116 valence electrons. The summed E-state index contributed by atoms with van der Waals surface area (Å²) < 4.78 is 29.5. The molecule has 0 aliphatic heterocycles. The number of nitrogens with two attached hydrogens (primary N) is 1. The Bertz CT molecular complexity index is 638. The van der Waals surface area contributed by atoms with Gasteiger partial charge in [-0.1, -0.05) is 36.8 Å². The molecule has 0 saturated heterocycles. The standard InChI is InChI=1S/C15H21NO4S/c1-4-20-14(17)15(16)12(13(15)21(18,19)5-2)11-8-6-10(3)7-9-11/h6-9,12-13H,4-5,16H2,1-3H3/t12-,13+,15-/m1/s1. The van der Waals surface area contributed by atoms with E-state index in [1.165, 1.54) is 0 Å². The van der Waals surface area contributed by atoms with E-state index in [-0.39, 0.29) is 12.4 Å². The molecule has 0 radical (unpaired) electrons. The molecule has 2 N–H and O–H groups in total. The monoisotopic (exact) mass is 311 g/mol. The SMILES string of the molecule is CCOC(=O)[C@@]1(N)[C@H](c2ccc(C)cc2)[C@@H]1S(=O)(=O)CC. The van der Waals surface area contributed by atoms with Crippen molar-refractivity contribution < 1.29 is 17.9 Å². The van der Waals surface area contributed by atoms with E-state index in [1.807, 2.05) is 31.2 Å². The molecule has 6 heteroatoms. The van der Waals surface area contributed by atoms with Crippen LogP contribution in [0.2, 0.25) is 0 Å². The predicted molar refractivity (Wildman–Crippen MR) is 80.7 cm³/mol. The average Bonchev–Trinajstić information content (AvgIpc) is 3.09. The zero-order chi connectivity index (χ0) is 15.8. The van der Waals surface area contributed by atoms with Crippen molar-refractivity contribution in [2.45, 2.75) is 37.5 Å². The molecule has 1 aromatic rings. The Morgan fingerprint density at radius 3 is 2.33 bits per heavy atom. The van der Waals surface area contributed by atoms with E-state index < -0.39 is 32.5 Å². The lowest BCUT2D eigenvalue weighted by atomic mass is 10.1. The summed E-state index contributed by atoms with van der Waals surface area (Å²) in [4.78, 5) is 12.1. The van der Waals surface area contributed by atoms with Gasteiger partial charge in [-0.2, -0.15) is 0 Å². The number of esters is 1. The molecular formula is C15H21NO4S. The van der Waals surface area contributed by atoms with Crippen LogP contribution in [-0.4, -0.2) is 37.5 Å². The summed E-state index contributed by atoms with van der Waals surface area (Å²) in [6.07, 6.45) is 0. The highest BCUT2D eigenvalue weighted by molar-refractivity contribution is 7.92. The lowest BCUT2D eigenvalue weighted by Crippen LogP contribution is -2.41. The fourth-order valence-electron chi connectivity index (χ4n) is 2.78. The summed E-state index contributed by atoms with van der Waals surface area (Å²) in [6, 6.07) is 7.42. The Hall–Kier alpha value is -1.40. The molecule has 0 spiro atoms. The number of aryl methyl sites for hydroxylation is 1. The first kappa shape index (κ1) is 16.0. The molecular weight excluding hydrogens is 290 g/mol. The molecule has 5 nitrogen and oxygen atoms in total. The van der Waals surface area contributed by atoms with Crippen LogP contribution in [-0.2, 0) is 19.4 Å². The molecule has 0 aromatic heterocycles. The summed E-state index contributed by atoms with van der Waals surface area (Å²) in [5.41, 5.74) is 6.50. The van der Waals surface area contributed by atoms with E-state index in [9.17, 15) is 13.2 Å².